The third-order valence-electron chi connectivity index (χ3n) is 3.65. The molecule has 0 bridgehead atoms. The molecule has 0 aromatic heterocycles. The lowest BCUT2D eigenvalue weighted by atomic mass is 10.00. The summed E-state index contributed by atoms with van der Waals surface area (Å²) in [5.74, 6) is 1.81. The summed E-state index contributed by atoms with van der Waals surface area (Å²) in [5.41, 5.74) is 2.67. The standard InChI is InChI=1S/C16H25NO/c1-5-12(2)10-17-11-13-6-7-15-14(8-13)9-16(3,4)18-15/h6-8,12,17H,5,9-11H2,1-4H3. The van der Waals surface area contributed by atoms with Gasteiger partial charge in [0, 0.05) is 13.0 Å². The van der Waals surface area contributed by atoms with Crippen molar-refractivity contribution < 1.29 is 4.74 Å². The molecule has 2 rings (SSSR count). The van der Waals surface area contributed by atoms with Crippen molar-refractivity contribution >= 4 is 0 Å². The van der Waals surface area contributed by atoms with E-state index in [2.05, 4.69) is 51.2 Å². The predicted octanol–water partition coefficient (Wildman–Crippen LogP) is 3.54. The minimum absolute atomic E-state index is 0.0366. The molecule has 1 atom stereocenters. The van der Waals surface area contributed by atoms with Gasteiger partial charge in [-0.2, -0.15) is 0 Å². The average molecular weight is 247 g/mol. The lowest BCUT2D eigenvalue weighted by Crippen LogP contribution is -2.24. The second kappa shape index (κ2) is 5.31. The van der Waals surface area contributed by atoms with Gasteiger partial charge in [-0.05, 0) is 43.5 Å². The van der Waals surface area contributed by atoms with Crippen LogP contribution in [-0.4, -0.2) is 12.1 Å². The molecule has 1 aromatic rings. The van der Waals surface area contributed by atoms with Crippen molar-refractivity contribution in [1.82, 2.24) is 5.32 Å². The zero-order chi connectivity index (χ0) is 13.2. The van der Waals surface area contributed by atoms with E-state index in [1.807, 2.05) is 0 Å². The molecule has 2 nitrogen and oxygen atoms in total. The van der Waals surface area contributed by atoms with Gasteiger partial charge in [0.1, 0.15) is 11.4 Å². The topological polar surface area (TPSA) is 21.3 Å². The first-order valence-corrected chi connectivity index (χ1v) is 7.02. The quantitative estimate of drug-likeness (QED) is 0.859. The summed E-state index contributed by atoms with van der Waals surface area (Å²) in [5, 5.41) is 3.52. The van der Waals surface area contributed by atoms with E-state index >= 15 is 0 Å². The van der Waals surface area contributed by atoms with Crippen LogP contribution in [0, 0.1) is 5.92 Å². The summed E-state index contributed by atoms with van der Waals surface area (Å²) < 4.78 is 5.89. The van der Waals surface area contributed by atoms with E-state index in [1.165, 1.54) is 17.5 Å². The van der Waals surface area contributed by atoms with Crippen LogP contribution < -0.4 is 10.1 Å². The molecule has 1 unspecified atom stereocenters. The molecule has 1 aliphatic rings. The number of hydrogen-bond donors (Lipinski definition) is 1. The molecule has 0 saturated heterocycles. The molecule has 0 amide bonds. The minimum Gasteiger partial charge on any atom is -0.487 e. The third-order valence-corrected chi connectivity index (χ3v) is 3.65. The van der Waals surface area contributed by atoms with Crippen molar-refractivity contribution in [1.29, 1.82) is 0 Å². The second-order valence-electron chi connectivity index (χ2n) is 6.12. The van der Waals surface area contributed by atoms with Crippen LogP contribution in [0.2, 0.25) is 0 Å². The van der Waals surface area contributed by atoms with E-state index in [9.17, 15) is 0 Å². The van der Waals surface area contributed by atoms with Gasteiger partial charge in [-0.3, -0.25) is 0 Å². The summed E-state index contributed by atoms with van der Waals surface area (Å²) in [4.78, 5) is 0. The fourth-order valence-electron chi connectivity index (χ4n) is 2.38. The van der Waals surface area contributed by atoms with E-state index in [4.69, 9.17) is 4.74 Å². The first-order chi connectivity index (χ1) is 8.50. The molecule has 18 heavy (non-hydrogen) atoms. The number of ether oxygens (including phenoxy) is 1. The Hall–Kier alpha value is -1.02. The van der Waals surface area contributed by atoms with Gasteiger partial charge in [-0.1, -0.05) is 32.4 Å². The van der Waals surface area contributed by atoms with Crippen molar-refractivity contribution in [3.05, 3.63) is 29.3 Å². The molecule has 1 aromatic carbocycles. The van der Waals surface area contributed by atoms with E-state index in [0.717, 1.165) is 31.2 Å². The highest BCUT2D eigenvalue weighted by Gasteiger charge is 2.29. The summed E-state index contributed by atoms with van der Waals surface area (Å²) in [6.45, 7) is 10.9. The Morgan fingerprint density at radius 1 is 1.39 bits per heavy atom. The lowest BCUT2D eigenvalue weighted by Gasteiger charge is -2.16. The Balaban J connectivity index is 1.93. The number of fused-ring (bicyclic) bond motifs is 1. The maximum atomic E-state index is 5.89. The van der Waals surface area contributed by atoms with E-state index in [-0.39, 0.29) is 5.60 Å². The second-order valence-corrected chi connectivity index (χ2v) is 6.12. The van der Waals surface area contributed by atoms with Crippen molar-refractivity contribution in [3.63, 3.8) is 0 Å². The number of nitrogens with one attached hydrogen (secondary N) is 1. The summed E-state index contributed by atoms with van der Waals surface area (Å²) >= 11 is 0. The SMILES string of the molecule is CCC(C)CNCc1ccc2c(c1)CC(C)(C)O2. The molecular formula is C16H25NO. The van der Waals surface area contributed by atoms with Gasteiger partial charge < -0.3 is 10.1 Å². The molecule has 0 fully saturated rings. The number of rotatable bonds is 5. The molecule has 1 aliphatic heterocycles. The highest BCUT2D eigenvalue weighted by atomic mass is 16.5. The fourth-order valence-corrected chi connectivity index (χ4v) is 2.38. The Morgan fingerprint density at radius 2 is 2.17 bits per heavy atom. The molecule has 0 aliphatic carbocycles. The van der Waals surface area contributed by atoms with Crippen LogP contribution in [-0.2, 0) is 13.0 Å². The van der Waals surface area contributed by atoms with Crippen LogP contribution >= 0.6 is 0 Å². The number of hydrogen-bond acceptors (Lipinski definition) is 2. The van der Waals surface area contributed by atoms with E-state index < -0.39 is 0 Å². The maximum absolute atomic E-state index is 5.89. The van der Waals surface area contributed by atoms with Crippen LogP contribution in [0.1, 0.15) is 45.2 Å². The molecule has 0 saturated carbocycles. The van der Waals surface area contributed by atoms with Crippen LogP contribution in [0.5, 0.6) is 5.75 Å². The monoisotopic (exact) mass is 247 g/mol. The highest BCUT2D eigenvalue weighted by Crippen LogP contribution is 2.35. The van der Waals surface area contributed by atoms with Crippen molar-refractivity contribution in [3.8, 4) is 5.75 Å². The van der Waals surface area contributed by atoms with Gasteiger partial charge in [0.05, 0.1) is 0 Å². The van der Waals surface area contributed by atoms with Gasteiger partial charge in [-0.15, -0.1) is 0 Å². The first kappa shape index (κ1) is 13.4. The molecule has 1 N–H and O–H groups in total. The van der Waals surface area contributed by atoms with Gasteiger partial charge in [-0.25, -0.2) is 0 Å². The molecule has 0 radical (unpaired) electrons. The first-order valence-electron chi connectivity index (χ1n) is 7.02. The largest absolute Gasteiger partial charge is 0.487 e. The van der Waals surface area contributed by atoms with Gasteiger partial charge in [0.2, 0.25) is 0 Å². The minimum atomic E-state index is -0.0366. The Bertz CT molecular complexity index is 412. The van der Waals surface area contributed by atoms with Crippen LogP contribution in [0.3, 0.4) is 0 Å². The van der Waals surface area contributed by atoms with Crippen LogP contribution in [0.25, 0.3) is 0 Å². The molecule has 1 heterocycles. The Kier molecular flexibility index (Phi) is 3.96. The van der Waals surface area contributed by atoms with Crippen LogP contribution in [0.4, 0.5) is 0 Å². The van der Waals surface area contributed by atoms with E-state index in [1.54, 1.807) is 0 Å². The fraction of sp³-hybridized carbons (Fsp3) is 0.625. The summed E-state index contributed by atoms with van der Waals surface area (Å²) in [7, 11) is 0. The number of benzene rings is 1. The summed E-state index contributed by atoms with van der Waals surface area (Å²) in [6.07, 6.45) is 2.25. The molecular weight excluding hydrogens is 222 g/mol. The van der Waals surface area contributed by atoms with Crippen LogP contribution in [0.15, 0.2) is 18.2 Å². The smallest absolute Gasteiger partial charge is 0.123 e. The normalized spacial score (nSPS) is 18.2. The van der Waals surface area contributed by atoms with Crippen molar-refractivity contribution in [2.75, 3.05) is 6.54 Å². The zero-order valence-electron chi connectivity index (χ0n) is 12.0. The zero-order valence-corrected chi connectivity index (χ0v) is 12.0. The van der Waals surface area contributed by atoms with Gasteiger partial charge >= 0.3 is 0 Å². The van der Waals surface area contributed by atoms with Crippen molar-refractivity contribution in [2.24, 2.45) is 5.92 Å². The lowest BCUT2D eigenvalue weighted by molar-refractivity contribution is 0.138. The average Bonchev–Trinajstić information content (AvgIpc) is 2.62. The molecule has 0 spiro atoms. The summed E-state index contributed by atoms with van der Waals surface area (Å²) in [6, 6.07) is 6.57. The Labute approximate surface area is 111 Å². The highest BCUT2D eigenvalue weighted by molar-refractivity contribution is 5.41. The molecule has 100 valence electrons. The third kappa shape index (κ3) is 3.26. The maximum Gasteiger partial charge on any atom is 0.123 e. The van der Waals surface area contributed by atoms with Gasteiger partial charge in [0.25, 0.3) is 0 Å². The van der Waals surface area contributed by atoms with E-state index in [0.29, 0.717) is 0 Å². The van der Waals surface area contributed by atoms with Gasteiger partial charge in [0.15, 0.2) is 0 Å². The van der Waals surface area contributed by atoms with Crippen molar-refractivity contribution in [2.45, 2.75) is 52.7 Å². The molecule has 2 heteroatoms. The predicted molar refractivity (Wildman–Crippen MR) is 76.0 cm³/mol. The Morgan fingerprint density at radius 3 is 2.89 bits per heavy atom.